The van der Waals surface area contributed by atoms with E-state index in [1.54, 1.807) is 24.3 Å². The number of hydrogen-bond donors (Lipinski definition) is 4. The third-order valence-electron chi connectivity index (χ3n) is 4.03. The molecule has 7 nitrogen and oxygen atoms in total. The quantitative estimate of drug-likeness (QED) is 0.244. The molecule has 0 bridgehead atoms. The number of hydrogen-bond acceptors (Lipinski definition) is 5. The van der Waals surface area contributed by atoms with E-state index >= 15 is 0 Å². The molecule has 0 unspecified atom stereocenters. The van der Waals surface area contributed by atoms with Gasteiger partial charge in [-0.3, -0.25) is 14.8 Å². The molecule has 0 aliphatic rings. The molecule has 0 fully saturated rings. The standard InChI is InChI=1S/C19H31N3O4/c1-2-3-4-5-6-7-14-26-16-10-8-15(9-11-16)21-19(24)17(20)12-13-18(23)22-25/h8-11,17,25H,2-7,12-14,20H2,1H3,(H,21,24)(H,22,23)/t17-/m0/s1. The van der Waals surface area contributed by atoms with Crippen molar-refractivity contribution in [3.63, 3.8) is 0 Å². The Balaban J connectivity index is 2.27. The summed E-state index contributed by atoms with van der Waals surface area (Å²) >= 11 is 0. The average Bonchev–Trinajstić information content (AvgIpc) is 2.66. The number of nitrogens with one attached hydrogen (secondary N) is 2. The summed E-state index contributed by atoms with van der Waals surface area (Å²) in [5.74, 6) is -0.183. The first-order chi connectivity index (χ1) is 12.6. The largest absolute Gasteiger partial charge is 0.494 e. The molecule has 2 amide bonds. The van der Waals surface area contributed by atoms with Crippen molar-refractivity contribution in [2.45, 2.75) is 64.3 Å². The summed E-state index contributed by atoms with van der Waals surface area (Å²) in [7, 11) is 0. The zero-order valence-electron chi connectivity index (χ0n) is 15.5. The van der Waals surface area contributed by atoms with Gasteiger partial charge in [0.1, 0.15) is 5.75 Å². The lowest BCUT2D eigenvalue weighted by Gasteiger charge is -2.12. The van der Waals surface area contributed by atoms with Gasteiger partial charge in [-0.15, -0.1) is 0 Å². The SMILES string of the molecule is CCCCCCCCOc1ccc(NC(=O)[C@@H](N)CCC(=O)NO)cc1. The summed E-state index contributed by atoms with van der Waals surface area (Å²) in [5, 5.41) is 11.1. The molecule has 0 aliphatic carbocycles. The van der Waals surface area contributed by atoms with Crippen molar-refractivity contribution in [1.82, 2.24) is 5.48 Å². The third-order valence-corrected chi connectivity index (χ3v) is 4.03. The van der Waals surface area contributed by atoms with Gasteiger partial charge in [0.25, 0.3) is 0 Å². The highest BCUT2D eigenvalue weighted by molar-refractivity contribution is 5.95. The Hall–Kier alpha value is -2.12. The highest BCUT2D eigenvalue weighted by Crippen LogP contribution is 2.17. The van der Waals surface area contributed by atoms with Crippen LogP contribution >= 0.6 is 0 Å². The molecule has 1 aromatic carbocycles. The summed E-state index contributed by atoms with van der Waals surface area (Å²) in [6, 6.07) is 6.29. The van der Waals surface area contributed by atoms with Gasteiger partial charge in [0.05, 0.1) is 12.6 Å². The average molecular weight is 365 g/mol. The molecule has 1 atom stereocenters. The van der Waals surface area contributed by atoms with Crippen LogP contribution in [-0.2, 0) is 9.59 Å². The number of benzene rings is 1. The van der Waals surface area contributed by atoms with Crippen LogP contribution in [0, 0.1) is 0 Å². The van der Waals surface area contributed by atoms with E-state index in [1.165, 1.54) is 37.6 Å². The highest BCUT2D eigenvalue weighted by atomic mass is 16.5. The second-order valence-electron chi connectivity index (χ2n) is 6.31. The van der Waals surface area contributed by atoms with E-state index in [2.05, 4.69) is 12.2 Å². The van der Waals surface area contributed by atoms with Crippen molar-refractivity contribution < 1.29 is 19.5 Å². The molecule has 0 saturated heterocycles. The molecular formula is C19H31N3O4. The van der Waals surface area contributed by atoms with Gasteiger partial charge in [-0.1, -0.05) is 39.0 Å². The minimum Gasteiger partial charge on any atom is -0.494 e. The zero-order chi connectivity index (χ0) is 19.2. The van der Waals surface area contributed by atoms with Gasteiger partial charge in [0.15, 0.2) is 0 Å². The number of nitrogens with two attached hydrogens (primary N) is 1. The fourth-order valence-electron chi connectivity index (χ4n) is 2.42. The Kier molecular flexibility index (Phi) is 11.1. The summed E-state index contributed by atoms with van der Waals surface area (Å²) in [6.45, 7) is 2.90. The van der Waals surface area contributed by atoms with Crippen LogP contribution in [0.1, 0.15) is 58.3 Å². The van der Waals surface area contributed by atoms with Crippen LogP contribution in [0.2, 0.25) is 0 Å². The lowest BCUT2D eigenvalue weighted by atomic mass is 10.1. The van der Waals surface area contributed by atoms with Crippen molar-refractivity contribution in [2.75, 3.05) is 11.9 Å². The number of rotatable bonds is 13. The molecule has 0 spiro atoms. The van der Waals surface area contributed by atoms with Gasteiger partial charge in [-0.25, -0.2) is 5.48 Å². The monoisotopic (exact) mass is 365 g/mol. The van der Waals surface area contributed by atoms with Crippen LogP contribution in [0.3, 0.4) is 0 Å². The van der Waals surface area contributed by atoms with Crippen molar-refractivity contribution >= 4 is 17.5 Å². The summed E-state index contributed by atoms with van der Waals surface area (Å²) in [6.07, 6.45) is 7.45. The van der Waals surface area contributed by atoms with Crippen molar-refractivity contribution in [3.8, 4) is 5.75 Å². The van der Waals surface area contributed by atoms with E-state index in [-0.39, 0.29) is 18.7 Å². The first-order valence-corrected chi connectivity index (χ1v) is 9.29. The lowest BCUT2D eigenvalue weighted by Crippen LogP contribution is -2.36. The van der Waals surface area contributed by atoms with Crippen molar-refractivity contribution in [3.05, 3.63) is 24.3 Å². The van der Waals surface area contributed by atoms with Gasteiger partial charge in [0.2, 0.25) is 11.8 Å². The zero-order valence-corrected chi connectivity index (χ0v) is 15.5. The predicted octanol–water partition coefficient (Wildman–Crippen LogP) is 2.98. The van der Waals surface area contributed by atoms with E-state index < -0.39 is 11.9 Å². The minimum atomic E-state index is -0.823. The molecule has 0 radical (unpaired) electrons. The molecule has 146 valence electrons. The Bertz CT molecular complexity index is 534. The molecule has 0 saturated carbocycles. The van der Waals surface area contributed by atoms with Crippen LogP contribution < -0.4 is 21.3 Å². The maximum atomic E-state index is 12.0. The molecule has 1 aromatic rings. The molecule has 0 heterocycles. The Labute approximate surface area is 155 Å². The number of unbranched alkanes of at least 4 members (excludes halogenated alkanes) is 5. The van der Waals surface area contributed by atoms with Gasteiger partial charge in [-0.05, 0) is 37.1 Å². The second-order valence-corrected chi connectivity index (χ2v) is 6.31. The van der Waals surface area contributed by atoms with Crippen LogP contribution in [0.25, 0.3) is 0 Å². The van der Waals surface area contributed by atoms with Crippen LogP contribution in [0.5, 0.6) is 5.75 Å². The van der Waals surface area contributed by atoms with Gasteiger partial charge in [-0.2, -0.15) is 0 Å². The summed E-state index contributed by atoms with van der Waals surface area (Å²) in [4.78, 5) is 22.9. The number of hydroxylamine groups is 1. The van der Waals surface area contributed by atoms with E-state index in [0.29, 0.717) is 12.3 Å². The summed E-state index contributed by atoms with van der Waals surface area (Å²) < 4.78 is 5.69. The fraction of sp³-hybridized carbons (Fsp3) is 0.579. The molecule has 5 N–H and O–H groups in total. The molecule has 0 aliphatic heterocycles. The Morgan fingerprint density at radius 1 is 1.12 bits per heavy atom. The van der Waals surface area contributed by atoms with Crippen molar-refractivity contribution in [1.29, 1.82) is 0 Å². The first kappa shape index (κ1) is 21.9. The van der Waals surface area contributed by atoms with Crippen LogP contribution in [-0.4, -0.2) is 29.7 Å². The molecule has 1 rings (SSSR count). The Morgan fingerprint density at radius 2 is 1.77 bits per heavy atom. The maximum Gasteiger partial charge on any atom is 0.243 e. The van der Waals surface area contributed by atoms with Gasteiger partial charge < -0.3 is 15.8 Å². The lowest BCUT2D eigenvalue weighted by molar-refractivity contribution is -0.129. The normalized spacial score (nSPS) is 11.7. The molecule has 7 heteroatoms. The summed E-state index contributed by atoms with van der Waals surface area (Å²) in [5.41, 5.74) is 7.85. The number of carbonyl (C=O) groups excluding carboxylic acids is 2. The number of anilines is 1. The van der Waals surface area contributed by atoms with Crippen molar-refractivity contribution in [2.24, 2.45) is 5.73 Å². The van der Waals surface area contributed by atoms with E-state index in [1.807, 2.05) is 0 Å². The van der Waals surface area contributed by atoms with Crippen LogP contribution in [0.15, 0.2) is 24.3 Å². The number of amides is 2. The highest BCUT2D eigenvalue weighted by Gasteiger charge is 2.15. The number of ether oxygens (including phenoxy) is 1. The Morgan fingerprint density at radius 3 is 2.42 bits per heavy atom. The van der Waals surface area contributed by atoms with E-state index in [4.69, 9.17) is 15.7 Å². The van der Waals surface area contributed by atoms with Gasteiger partial charge >= 0.3 is 0 Å². The molecule has 26 heavy (non-hydrogen) atoms. The van der Waals surface area contributed by atoms with E-state index in [9.17, 15) is 9.59 Å². The molecule has 0 aromatic heterocycles. The smallest absolute Gasteiger partial charge is 0.243 e. The predicted molar refractivity (Wildman–Crippen MR) is 101 cm³/mol. The minimum absolute atomic E-state index is 0.0176. The fourth-order valence-corrected chi connectivity index (χ4v) is 2.42. The first-order valence-electron chi connectivity index (χ1n) is 9.29. The second kappa shape index (κ2) is 13.1. The van der Waals surface area contributed by atoms with E-state index in [0.717, 1.165) is 12.2 Å². The third kappa shape index (κ3) is 9.39. The maximum absolute atomic E-state index is 12.0. The molecular weight excluding hydrogens is 334 g/mol. The number of carbonyl (C=O) groups is 2. The topological polar surface area (TPSA) is 114 Å². The van der Waals surface area contributed by atoms with Gasteiger partial charge in [0, 0.05) is 12.1 Å². The van der Waals surface area contributed by atoms with Crippen LogP contribution in [0.4, 0.5) is 5.69 Å².